The monoisotopic (exact) mass is 240 g/mol. The zero-order valence-electron chi connectivity index (χ0n) is 10.4. The van der Waals surface area contributed by atoms with E-state index in [2.05, 4.69) is 28.2 Å². The van der Waals surface area contributed by atoms with Gasteiger partial charge in [0.15, 0.2) is 0 Å². The molecule has 0 bridgehead atoms. The summed E-state index contributed by atoms with van der Waals surface area (Å²) < 4.78 is 28.3. The van der Waals surface area contributed by atoms with Crippen molar-refractivity contribution in [1.82, 2.24) is 0 Å². The molecule has 1 rings (SSSR count). The van der Waals surface area contributed by atoms with E-state index in [1.807, 2.05) is 0 Å². The molecular formula is C9H24N2O3S+2. The molecule has 1 fully saturated rings. The third kappa shape index (κ3) is 10.1. The molecule has 1 saturated heterocycles. The first-order chi connectivity index (χ1) is 6.41. The molecule has 15 heavy (non-hydrogen) atoms. The van der Waals surface area contributed by atoms with E-state index in [4.69, 9.17) is 4.55 Å². The second kappa shape index (κ2) is 4.78. The van der Waals surface area contributed by atoms with Crippen molar-refractivity contribution in [3.05, 3.63) is 0 Å². The first kappa shape index (κ1) is 14.8. The molecule has 0 spiro atoms. The van der Waals surface area contributed by atoms with Gasteiger partial charge in [0, 0.05) is 0 Å². The van der Waals surface area contributed by atoms with Gasteiger partial charge in [-0.05, 0) is 0 Å². The zero-order valence-corrected chi connectivity index (χ0v) is 11.2. The number of quaternary nitrogens is 2. The van der Waals surface area contributed by atoms with E-state index >= 15 is 0 Å². The first-order valence-corrected chi connectivity index (χ1v) is 6.83. The standard InChI is InChI=1S/C8H20N2.CH4O3S/c1-9(2)5-7-10(3,4)8-6-9;1-5(2,3)4/h5-8H2,1-4H3;1H3,(H,2,3,4)/q+2;. The van der Waals surface area contributed by atoms with Crippen molar-refractivity contribution in [1.29, 1.82) is 0 Å². The Labute approximate surface area is 93.2 Å². The molecule has 0 amide bonds. The lowest BCUT2D eigenvalue weighted by molar-refractivity contribution is -0.998. The number of hydrogen-bond acceptors (Lipinski definition) is 2. The van der Waals surface area contributed by atoms with Crippen molar-refractivity contribution in [2.45, 2.75) is 0 Å². The molecule has 0 aromatic rings. The van der Waals surface area contributed by atoms with Crippen molar-refractivity contribution in [3.63, 3.8) is 0 Å². The minimum absolute atomic E-state index is 0.715. The molecule has 0 atom stereocenters. The summed E-state index contributed by atoms with van der Waals surface area (Å²) in [5, 5.41) is 0. The molecule has 92 valence electrons. The van der Waals surface area contributed by atoms with E-state index in [-0.39, 0.29) is 0 Å². The van der Waals surface area contributed by atoms with E-state index in [9.17, 15) is 8.42 Å². The number of likely N-dealkylation sites (N-methyl/N-ethyl adjacent to an activating group) is 2. The van der Waals surface area contributed by atoms with Gasteiger partial charge in [0.2, 0.25) is 0 Å². The number of rotatable bonds is 0. The molecule has 1 aliphatic rings. The van der Waals surface area contributed by atoms with Crippen LogP contribution in [0, 0.1) is 0 Å². The van der Waals surface area contributed by atoms with Gasteiger partial charge in [0.25, 0.3) is 10.1 Å². The molecular weight excluding hydrogens is 216 g/mol. The molecule has 0 saturated carbocycles. The van der Waals surface area contributed by atoms with Crippen LogP contribution in [0.2, 0.25) is 0 Å². The van der Waals surface area contributed by atoms with E-state index in [0.29, 0.717) is 6.26 Å². The van der Waals surface area contributed by atoms with Crippen molar-refractivity contribution in [2.75, 3.05) is 60.6 Å². The highest BCUT2D eigenvalue weighted by Crippen LogP contribution is 2.09. The molecule has 0 aliphatic carbocycles. The Hall–Kier alpha value is -0.170. The second-order valence-electron chi connectivity index (χ2n) is 5.50. The van der Waals surface area contributed by atoms with Gasteiger partial charge in [-0.15, -0.1) is 0 Å². The van der Waals surface area contributed by atoms with Crippen LogP contribution in [0.5, 0.6) is 0 Å². The Morgan fingerprint density at radius 2 is 1.00 bits per heavy atom. The largest absolute Gasteiger partial charge is 0.319 e. The van der Waals surface area contributed by atoms with Gasteiger partial charge in [-0.2, -0.15) is 8.42 Å². The maximum absolute atomic E-state index is 9.19. The summed E-state index contributed by atoms with van der Waals surface area (Å²) in [6.45, 7) is 5.31. The van der Waals surface area contributed by atoms with Gasteiger partial charge < -0.3 is 8.97 Å². The summed E-state index contributed by atoms with van der Waals surface area (Å²) in [5.74, 6) is 0. The highest BCUT2D eigenvalue weighted by atomic mass is 32.2. The van der Waals surface area contributed by atoms with Gasteiger partial charge in [-0.1, -0.05) is 0 Å². The van der Waals surface area contributed by atoms with Crippen LogP contribution in [-0.2, 0) is 10.1 Å². The fraction of sp³-hybridized carbons (Fsp3) is 1.00. The third-order valence-electron chi connectivity index (χ3n) is 2.62. The molecule has 1 heterocycles. The van der Waals surface area contributed by atoms with Gasteiger partial charge in [0.1, 0.15) is 26.2 Å². The van der Waals surface area contributed by atoms with Crippen LogP contribution in [0.4, 0.5) is 0 Å². The van der Waals surface area contributed by atoms with Crippen LogP contribution in [0.3, 0.4) is 0 Å². The SMILES string of the molecule is CS(=O)(=O)O.C[N+]1(C)CC[N+](C)(C)CC1. The van der Waals surface area contributed by atoms with Crippen LogP contribution in [0.1, 0.15) is 0 Å². The minimum atomic E-state index is -3.67. The van der Waals surface area contributed by atoms with E-state index in [1.54, 1.807) is 0 Å². The summed E-state index contributed by atoms with van der Waals surface area (Å²) in [6.07, 6.45) is 0.715. The summed E-state index contributed by atoms with van der Waals surface area (Å²) in [6, 6.07) is 0. The smallest absolute Gasteiger partial charge is 0.261 e. The predicted molar refractivity (Wildman–Crippen MR) is 61.2 cm³/mol. The normalized spacial score (nSPS) is 23.9. The summed E-state index contributed by atoms with van der Waals surface area (Å²) in [4.78, 5) is 0. The van der Waals surface area contributed by atoms with Gasteiger partial charge in [-0.25, -0.2) is 0 Å². The van der Waals surface area contributed by atoms with Gasteiger partial charge >= 0.3 is 0 Å². The van der Waals surface area contributed by atoms with Crippen LogP contribution < -0.4 is 0 Å². The van der Waals surface area contributed by atoms with E-state index < -0.39 is 10.1 Å². The fourth-order valence-corrected chi connectivity index (χ4v) is 1.31. The predicted octanol–water partition coefficient (Wildman–Crippen LogP) is -0.343. The molecule has 1 N–H and O–H groups in total. The molecule has 1 aliphatic heterocycles. The maximum Gasteiger partial charge on any atom is 0.261 e. The highest BCUT2D eigenvalue weighted by Gasteiger charge is 2.30. The van der Waals surface area contributed by atoms with E-state index in [1.165, 1.54) is 35.1 Å². The Morgan fingerprint density at radius 1 is 0.867 bits per heavy atom. The van der Waals surface area contributed by atoms with Gasteiger partial charge in [0.05, 0.1) is 34.4 Å². The van der Waals surface area contributed by atoms with Gasteiger partial charge in [-0.3, -0.25) is 4.55 Å². The average Bonchev–Trinajstić information content (AvgIpc) is 1.94. The molecule has 5 nitrogen and oxygen atoms in total. The summed E-state index contributed by atoms with van der Waals surface area (Å²) in [5.41, 5.74) is 0. The van der Waals surface area contributed by atoms with Crippen LogP contribution in [0.25, 0.3) is 0 Å². The Bertz CT molecular complexity index is 260. The molecule has 6 heteroatoms. The summed E-state index contributed by atoms with van der Waals surface area (Å²) >= 11 is 0. The Morgan fingerprint density at radius 3 is 1.13 bits per heavy atom. The minimum Gasteiger partial charge on any atom is -0.319 e. The second-order valence-corrected chi connectivity index (χ2v) is 6.96. The van der Waals surface area contributed by atoms with Crippen molar-refractivity contribution < 1.29 is 21.9 Å². The highest BCUT2D eigenvalue weighted by molar-refractivity contribution is 7.85. The quantitative estimate of drug-likeness (QED) is 0.465. The number of piperazine rings is 1. The lowest BCUT2D eigenvalue weighted by Crippen LogP contribution is -2.60. The fourth-order valence-electron chi connectivity index (χ4n) is 1.31. The Balaban J connectivity index is 0.000000336. The van der Waals surface area contributed by atoms with E-state index in [0.717, 1.165) is 0 Å². The first-order valence-electron chi connectivity index (χ1n) is 4.98. The zero-order chi connectivity index (χ0) is 12.3. The lowest BCUT2D eigenvalue weighted by atomic mass is 10.2. The average molecular weight is 240 g/mol. The van der Waals surface area contributed by atoms with Crippen molar-refractivity contribution in [2.24, 2.45) is 0 Å². The van der Waals surface area contributed by atoms with Crippen molar-refractivity contribution >= 4 is 10.1 Å². The lowest BCUT2D eigenvalue weighted by Gasteiger charge is -2.42. The molecule has 0 unspecified atom stereocenters. The number of nitrogens with zero attached hydrogens (tertiary/aromatic N) is 2. The molecule has 0 aromatic heterocycles. The van der Waals surface area contributed by atoms with Crippen LogP contribution >= 0.6 is 0 Å². The van der Waals surface area contributed by atoms with Crippen LogP contribution in [-0.4, -0.2) is 82.6 Å². The third-order valence-corrected chi connectivity index (χ3v) is 2.62. The Kier molecular flexibility index (Phi) is 4.72. The number of hydrogen-bond donors (Lipinski definition) is 1. The maximum atomic E-state index is 9.19. The molecule has 0 radical (unpaired) electrons. The molecule has 0 aromatic carbocycles. The topological polar surface area (TPSA) is 54.4 Å². The van der Waals surface area contributed by atoms with Crippen LogP contribution in [0.15, 0.2) is 0 Å². The van der Waals surface area contributed by atoms with Crippen molar-refractivity contribution in [3.8, 4) is 0 Å². The summed E-state index contributed by atoms with van der Waals surface area (Å²) in [7, 11) is 5.61.